The van der Waals surface area contributed by atoms with Gasteiger partial charge in [0.1, 0.15) is 29.5 Å². The first kappa shape index (κ1) is 24.0. The summed E-state index contributed by atoms with van der Waals surface area (Å²) >= 11 is 0. The summed E-state index contributed by atoms with van der Waals surface area (Å²) in [5.74, 6) is 0.00165. The largest absolute Gasteiger partial charge is 0.494 e. The Labute approximate surface area is 193 Å². The van der Waals surface area contributed by atoms with Crippen molar-refractivity contribution in [1.82, 2.24) is 20.2 Å². The van der Waals surface area contributed by atoms with Crippen LogP contribution in [0.15, 0.2) is 60.9 Å². The van der Waals surface area contributed by atoms with Crippen molar-refractivity contribution in [2.45, 2.75) is 32.9 Å². The summed E-state index contributed by atoms with van der Waals surface area (Å²) in [4.78, 5) is 30.5. The number of rotatable bonds is 9. The van der Waals surface area contributed by atoms with Crippen molar-refractivity contribution in [3.05, 3.63) is 83.7 Å². The molecule has 0 spiro atoms. The number of carbonyl (C=O) groups is 2. The van der Waals surface area contributed by atoms with Gasteiger partial charge in [-0.05, 0) is 54.8 Å². The Morgan fingerprint density at radius 1 is 1.06 bits per heavy atom. The van der Waals surface area contributed by atoms with Gasteiger partial charge in [0, 0.05) is 25.0 Å². The number of amides is 2. The minimum Gasteiger partial charge on any atom is -0.494 e. The number of benzene rings is 2. The highest BCUT2D eigenvalue weighted by Crippen LogP contribution is 2.22. The van der Waals surface area contributed by atoms with Crippen molar-refractivity contribution >= 4 is 11.8 Å². The molecule has 33 heavy (non-hydrogen) atoms. The molecule has 3 aromatic rings. The van der Waals surface area contributed by atoms with Crippen LogP contribution in [0.2, 0.25) is 0 Å². The Balaban J connectivity index is 1.80. The summed E-state index contributed by atoms with van der Waals surface area (Å²) in [5, 5.41) is 5.81. The zero-order valence-electron chi connectivity index (χ0n) is 19.2. The maximum atomic E-state index is 13.5. The number of aryl methyl sites for hydroxylation is 1. The van der Waals surface area contributed by atoms with Crippen molar-refractivity contribution < 1.29 is 18.7 Å². The van der Waals surface area contributed by atoms with Crippen LogP contribution in [0.3, 0.4) is 0 Å². The molecule has 0 fully saturated rings. The average molecular weight is 453 g/mol. The molecular weight excluding hydrogens is 423 g/mol. The molecule has 2 aromatic carbocycles. The van der Waals surface area contributed by atoms with Gasteiger partial charge in [-0.1, -0.05) is 26.0 Å². The van der Waals surface area contributed by atoms with Crippen LogP contribution in [0.5, 0.6) is 5.75 Å². The van der Waals surface area contributed by atoms with Gasteiger partial charge in [0.25, 0.3) is 5.91 Å². The second-order valence-corrected chi connectivity index (χ2v) is 8.04. The molecule has 0 aliphatic rings. The molecule has 174 valence electrons. The molecule has 8 heteroatoms. The van der Waals surface area contributed by atoms with Crippen molar-refractivity contribution in [1.29, 1.82) is 0 Å². The first-order chi connectivity index (χ1) is 15.8. The highest BCUT2D eigenvalue weighted by atomic mass is 19.1. The maximum absolute atomic E-state index is 13.5. The third kappa shape index (κ3) is 5.97. The molecule has 0 aliphatic heterocycles. The van der Waals surface area contributed by atoms with E-state index in [-0.39, 0.29) is 23.5 Å². The summed E-state index contributed by atoms with van der Waals surface area (Å²) in [7, 11) is 1.82. The highest BCUT2D eigenvalue weighted by molar-refractivity contribution is 5.97. The number of nitrogens with zero attached hydrogens (tertiary/aromatic N) is 2. The number of hydrogen-bond donors (Lipinski definition) is 2. The lowest BCUT2D eigenvalue weighted by atomic mass is 10.0. The Bertz CT molecular complexity index is 1080. The van der Waals surface area contributed by atoms with Crippen LogP contribution < -0.4 is 15.4 Å². The predicted octanol–water partition coefficient (Wildman–Crippen LogP) is 3.62. The average Bonchev–Trinajstić information content (AvgIpc) is 3.22. The third-order valence-corrected chi connectivity index (χ3v) is 5.27. The Hall–Kier alpha value is -3.68. The molecule has 1 aromatic heterocycles. The van der Waals surface area contributed by atoms with Gasteiger partial charge in [-0.25, -0.2) is 9.37 Å². The summed E-state index contributed by atoms with van der Waals surface area (Å²) in [5.41, 5.74) is 1.11. The van der Waals surface area contributed by atoms with E-state index in [9.17, 15) is 14.0 Å². The molecule has 1 heterocycles. The lowest BCUT2D eigenvalue weighted by Gasteiger charge is -2.26. The molecule has 0 aliphatic carbocycles. The van der Waals surface area contributed by atoms with Gasteiger partial charge in [-0.2, -0.15) is 0 Å². The predicted molar refractivity (Wildman–Crippen MR) is 123 cm³/mol. The second kappa shape index (κ2) is 10.8. The fourth-order valence-corrected chi connectivity index (χ4v) is 3.47. The van der Waals surface area contributed by atoms with E-state index in [0.29, 0.717) is 29.3 Å². The normalized spacial score (nSPS) is 12.8. The lowest BCUT2D eigenvalue weighted by molar-refractivity contribution is -0.124. The molecule has 2 atom stereocenters. The van der Waals surface area contributed by atoms with E-state index in [1.54, 1.807) is 53.4 Å². The van der Waals surface area contributed by atoms with Gasteiger partial charge in [0.15, 0.2) is 0 Å². The van der Waals surface area contributed by atoms with E-state index in [4.69, 9.17) is 4.74 Å². The molecule has 2 amide bonds. The number of halogens is 1. The van der Waals surface area contributed by atoms with Crippen LogP contribution in [0.25, 0.3) is 0 Å². The van der Waals surface area contributed by atoms with Crippen molar-refractivity contribution in [2.24, 2.45) is 13.0 Å². The number of carbonyl (C=O) groups excluding carboxylic acids is 2. The number of imidazole rings is 1. The first-order valence-corrected chi connectivity index (χ1v) is 10.9. The Morgan fingerprint density at radius 2 is 1.73 bits per heavy atom. The SMILES string of the molecule is CCOc1ccc(C(=O)N[C@H](C(=O)NC(c2ccc(F)cc2)c2nccn2C)C(C)C)cc1. The molecule has 1 unspecified atom stereocenters. The van der Waals surface area contributed by atoms with Crippen LogP contribution in [0.1, 0.15) is 48.6 Å². The summed E-state index contributed by atoms with van der Waals surface area (Å²) < 4.78 is 20.7. The molecule has 3 rings (SSSR count). The Kier molecular flexibility index (Phi) is 7.82. The van der Waals surface area contributed by atoms with Gasteiger partial charge >= 0.3 is 0 Å². The van der Waals surface area contributed by atoms with Crippen molar-refractivity contribution in [3.8, 4) is 5.75 Å². The third-order valence-electron chi connectivity index (χ3n) is 5.27. The molecule has 0 saturated heterocycles. The minimum atomic E-state index is -0.785. The number of aromatic nitrogens is 2. The van der Waals surface area contributed by atoms with E-state index >= 15 is 0 Å². The standard InChI is InChI=1S/C25H29FN4O3/c1-5-33-20-12-8-18(9-13-20)24(31)28-21(16(2)3)25(32)29-22(23-27-14-15-30(23)4)17-6-10-19(26)11-7-17/h6-16,21-22H,5H2,1-4H3,(H,28,31)(H,29,32)/t21-,22?/m0/s1. The van der Waals surface area contributed by atoms with E-state index in [2.05, 4.69) is 15.6 Å². The number of ether oxygens (including phenoxy) is 1. The number of hydrogen-bond acceptors (Lipinski definition) is 4. The second-order valence-electron chi connectivity index (χ2n) is 8.04. The Morgan fingerprint density at radius 3 is 2.27 bits per heavy atom. The summed E-state index contributed by atoms with van der Waals surface area (Å²) in [6.07, 6.45) is 3.40. The highest BCUT2D eigenvalue weighted by Gasteiger charge is 2.29. The van der Waals surface area contributed by atoms with Crippen LogP contribution in [-0.4, -0.2) is 34.0 Å². The maximum Gasteiger partial charge on any atom is 0.251 e. The fourth-order valence-electron chi connectivity index (χ4n) is 3.47. The van der Waals surface area contributed by atoms with Gasteiger partial charge in [-0.15, -0.1) is 0 Å². The lowest BCUT2D eigenvalue weighted by Crippen LogP contribution is -2.50. The molecule has 7 nitrogen and oxygen atoms in total. The van der Waals surface area contributed by atoms with Crippen LogP contribution in [-0.2, 0) is 11.8 Å². The topological polar surface area (TPSA) is 85.2 Å². The zero-order valence-corrected chi connectivity index (χ0v) is 19.2. The van der Waals surface area contributed by atoms with Crippen LogP contribution in [0, 0.1) is 11.7 Å². The molecule has 0 radical (unpaired) electrons. The summed E-state index contributed by atoms with van der Waals surface area (Å²) in [6.45, 7) is 6.13. The van der Waals surface area contributed by atoms with Crippen molar-refractivity contribution in [2.75, 3.05) is 6.61 Å². The van der Waals surface area contributed by atoms with E-state index in [1.807, 2.05) is 27.8 Å². The zero-order chi connectivity index (χ0) is 24.0. The summed E-state index contributed by atoms with van der Waals surface area (Å²) in [6, 6.07) is 11.2. The van der Waals surface area contributed by atoms with E-state index < -0.39 is 12.1 Å². The van der Waals surface area contributed by atoms with E-state index in [1.165, 1.54) is 12.1 Å². The smallest absolute Gasteiger partial charge is 0.251 e. The molecule has 0 bridgehead atoms. The molecule has 2 N–H and O–H groups in total. The van der Waals surface area contributed by atoms with E-state index in [0.717, 1.165) is 0 Å². The fraction of sp³-hybridized carbons (Fsp3) is 0.320. The molecular formula is C25H29FN4O3. The van der Waals surface area contributed by atoms with Gasteiger partial charge < -0.3 is 19.9 Å². The van der Waals surface area contributed by atoms with Gasteiger partial charge in [0.05, 0.1) is 6.61 Å². The molecule has 0 saturated carbocycles. The van der Waals surface area contributed by atoms with Crippen molar-refractivity contribution in [3.63, 3.8) is 0 Å². The van der Waals surface area contributed by atoms with Crippen LogP contribution >= 0.6 is 0 Å². The monoisotopic (exact) mass is 452 g/mol. The van der Waals surface area contributed by atoms with Crippen LogP contribution in [0.4, 0.5) is 4.39 Å². The van der Waals surface area contributed by atoms with Gasteiger partial charge in [-0.3, -0.25) is 9.59 Å². The quantitative estimate of drug-likeness (QED) is 0.519. The first-order valence-electron chi connectivity index (χ1n) is 10.9. The minimum absolute atomic E-state index is 0.174. The van der Waals surface area contributed by atoms with Gasteiger partial charge in [0.2, 0.25) is 5.91 Å². The number of nitrogens with one attached hydrogen (secondary N) is 2.